The van der Waals surface area contributed by atoms with Crippen molar-refractivity contribution in [2.45, 2.75) is 52.0 Å². The van der Waals surface area contributed by atoms with Gasteiger partial charge in [0, 0.05) is 32.1 Å². The van der Waals surface area contributed by atoms with Gasteiger partial charge in [-0.3, -0.25) is 9.69 Å². The first-order valence-electron chi connectivity index (χ1n) is 9.26. The Kier molecular flexibility index (Phi) is 5.76. The van der Waals surface area contributed by atoms with Crippen molar-refractivity contribution in [3.8, 4) is 0 Å². The molecule has 1 saturated carbocycles. The lowest BCUT2D eigenvalue weighted by molar-refractivity contribution is -0.137. The second-order valence-corrected chi connectivity index (χ2v) is 7.32. The van der Waals surface area contributed by atoms with Crippen molar-refractivity contribution in [1.29, 1.82) is 0 Å². The molecular weight excluding hydrogens is 288 g/mol. The number of piperazine rings is 1. The summed E-state index contributed by atoms with van der Waals surface area (Å²) >= 11 is 0. The Labute approximate surface area is 139 Å². The molecule has 3 rings (SSSR count). The fourth-order valence-corrected chi connectivity index (χ4v) is 4.08. The van der Waals surface area contributed by atoms with Gasteiger partial charge >= 0.3 is 0 Å². The molecule has 2 heterocycles. The number of hydrogen-bond acceptors (Lipinski definition) is 3. The van der Waals surface area contributed by atoms with Gasteiger partial charge in [-0.25, -0.2) is 0 Å². The lowest BCUT2D eigenvalue weighted by Gasteiger charge is -2.36. The third-order valence-electron chi connectivity index (χ3n) is 5.48. The molecule has 1 unspecified atom stereocenters. The number of amides is 1. The van der Waals surface area contributed by atoms with Crippen molar-refractivity contribution < 1.29 is 9.21 Å². The van der Waals surface area contributed by atoms with Gasteiger partial charge in [0.15, 0.2) is 0 Å². The van der Waals surface area contributed by atoms with Crippen LogP contribution in [0.15, 0.2) is 22.8 Å². The maximum atomic E-state index is 12.7. The molecule has 23 heavy (non-hydrogen) atoms. The van der Waals surface area contributed by atoms with Gasteiger partial charge in [0.05, 0.1) is 12.8 Å². The summed E-state index contributed by atoms with van der Waals surface area (Å²) in [5.74, 6) is 2.35. The summed E-state index contributed by atoms with van der Waals surface area (Å²) in [6.45, 7) is 6.59. The first kappa shape index (κ1) is 16.6. The first-order chi connectivity index (χ1) is 11.2. The van der Waals surface area contributed by atoms with E-state index in [4.69, 9.17) is 4.42 Å². The lowest BCUT2D eigenvalue weighted by atomic mass is 9.83. The molecule has 1 aromatic heterocycles. The van der Waals surface area contributed by atoms with Crippen LogP contribution in [-0.2, 0) is 11.3 Å². The van der Waals surface area contributed by atoms with Crippen LogP contribution in [0.5, 0.6) is 0 Å². The predicted octanol–water partition coefficient (Wildman–Crippen LogP) is 3.53. The average molecular weight is 318 g/mol. The van der Waals surface area contributed by atoms with Crippen molar-refractivity contribution in [1.82, 2.24) is 9.80 Å². The van der Waals surface area contributed by atoms with Gasteiger partial charge < -0.3 is 9.32 Å². The molecule has 0 radical (unpaired) electrons. The Morgan fingerprint density at radius 3 is 2.61 bits per heavy atom. The number of carbonyl (C=O) groups excluding carboxylic acids is 1. The summed E-state index contributed by atoms with van der Waals surface area (Å²) in [4.78, 5) is 17.1. The molecule has 2 fully saturated rings. The van der Waals surface area contributed by atoms with E-state index >= 15 is 0 Å². The van der Waals surface area contributed by atoms with Crippen LogP contribution in [0.3, 0.4) is 0 Å². The maximum Gasteiger partial charge on any atom is 0.225 e. The van der Waals surface area contributed by atoms with Gasteiger partial charge in [-0.05, 0) is 24.5 Å². The smallest absolute Gasteiger partial charge is 0.225 e. The number of rotatable bonds is 5. The Balaban J connectivity index is 1.42. The summed E-state index contributed by atoms with van der Waals surface area (Å²) in [5, 5.41) is 0. The average Bonchev–Trinajstić information content (AvgIpc) is 3.09. The van der Waals surface area contributed by atoms with Gasteiger partial charge in [0.25, 0.3) is 0 Å². The normalized spacial score (nSPS) is 22.2. The zero-order chi connectivity index (χ0) is 16.1. The van der Waals surface area contributed by atoms with Crippen LogP contribution in [0.2, 0.25) is 0 Å². The Bertz CT molecular complexity index is 472. The van der Waals surface area contributed by atoms with Crippen molar-refractivity contribution >= 4 is 5.91 Å². The summed E-state index contributed by atoms with van der Waals surface area (Å²) in [5.41, 5.74) is 0. The van der Waals surface area contributed by atoms with Crippen LogP contribution in [0.4, 0.5) is 0 Å². The summed E-state index contributed by atoms with van der Waals surface area (Å²) < 4.78 is 5.41. The number of nitrogens with zero attached hydrogens (tertiary/aromatic N) is 2. The Morgan fingerprint density at radius 2 is 1.96 bits per heavy atom. The molecule has 0 spiro atoms. The minimum atomic E-state index is 0.190. The fourth-order valence-electron chi connectivity index (χ4n) is 4.08. The quantitative estimate of drug-likeness (QED) is 0.833. The molecule has 0 aromatic carbocycles. The van der Waals surface area contributed by atoms with E-state index in [1.165, 1.54) is 32.1 Å². The number of hydrogen-bond donors (Lipinski definition) is 0. The summed E-state index contributed by atoms with van der Waals surface area (Å²) in [7, 11) is 0. The van der Waals surface area contributed by atoms with Crippen molar-refractivity contribution in [2.24, 2.45) is 11.8 Å². The molecule has 128 valence electrons. The van der Waals surface area contributed by atoms with E-state index in [9.17, 15) is 4.79 Å². The Morgan fingerprint density at radius 1 is 1.22 bits per heavy atom. The largest absolute Gasteiger partial charge is 0.468 e. The molecule has 4 nitrogen and oxygen atoms in total. The molecule has 4 heteroatoms. The molecule has 0 bridgehead atoms. The second kappa shape index (κ2) is 8.00. The van der Waals surface area contributed by atoms with E-state index in [0.29, 0.717) is 5.91 Å². The zero-order valence-corrected chi connectivity index (χ0v) is 14.4. The van der Waals surface area contributed by atoms with E-state index in [2.05, 4.69) is 16.7 Å². The third-order valence-corrected chi connectivity index (χ3v) is 5.48. The summed E-state index contributed by atoms with van der Waals surface area (Å²) in [6.07, 6.45) is 9.57. The molecule has 1 saturated heterocycles. The van der Waals surface area contributed by atoms with Crippen LogP contribution < -0.4 is 0 Å². The van der Waals surface area contributed by atoms with Crippen LogP contribution >= 0.6 is 0 Å². The second-order valence-electron chi connectivity index (χ2n) is 7.32. The van der Waals surface area contributed by atoms with Crippen LogP contribution in [0.1, 0.15) is 51.2 Å². The SMILES string of the molecule is CC(CC1CCCCC1)C(=O)N1CCN(Cc2ccco2)CC1. The van der Waals surface area contributed by atoms with Gasteiger partial charge in [0.1, 0.15) is 5.76 Å². The lowest BCUT2D eigenvalue weighted by Crippen LogP contribution is -2.49. The minimum Gasteiger partial charge on any atom is -0.468 e. The van der Waals surface area contributed by atoms with Crippen LogP contribution in [-0.4, -0.2) is 41.9 Å². The highest BCUT2D eigenvalue weighted by molar-refractivity contribution is 5.78. The maximum absolute atomic E-state index is 12.7. The van der Waals surface area contributed by atoms with E-state index in [-0.39, 0.29) is 5.92 Å². The van der Waals surface area contributed by atoms with Gasteiger partial charge in [0.2, 0.25) is 5.91 Å². The van der Waals surface area contributed by atoms with Gasteiger partial charge in [-0.2, -0.15) is 0 Å². The molecular formula is C19H30N2O2. The van der Waals surface area contributed by atoms with Crippen molar-refractivity contribution in [3.63, 3.8) is 0 Å². The standard InChI is InChI=1S/C19H30N2O2/c1-16(14-17-6-3-2-4-7-17)19(22)21-11-9-20(10-12-21)15-18-8-5-13-23-18/h5,8,13,16-17H,2-4,6-7,9-12,14-15H2,1H3. The molecule has 1 atom stereocenters. The topological polar surface area (TPSA) is 36.7 Å². The monoisotopic (exact) mass is 318 g/mol. The predicted molar refractivity (Wildman–Crippen MR) is 90.9 cm³/mol. The first-order valence-corrected chi connectivity index (χ1v) is 9.26. The molecule has 1 amide bonds. The molecule has 1 aliphatic carbocycles. The van der Waals surface area contributed by atoms with E-state index in [0.717, 1.165) is 50.8 Å². The highest BCUT2D eigenvalue weighted by atomic mass is 16.3. The highest BCUT2D eigenvalue weighted by Gasteiger charge is 2.27. The Hall–Kier alpha value is -1.29. The minimum absolute atomic E-state index is 0.190. The van der Waals surface area contributed by atoms with Crippen LogP contribution in [0, 0.1) is 11.8 Å². The highest BCUT2D eigenvalue weighted by Crippen LogP contribution is 2.29. The molecule has 1 aliphatic heterocycles. The number of furan rings is 1. The summed E-state index contributed by atoms with van der Waals surface area (Å²) in [6, 6.07) is 3.95. The molecule has 2 aliphatic rings. The number of carbonyl (C=O) groups is 1. The van der Waals surface area contributed by atoms with Gasteiger partial charge in [-0.1, -0.05) is 39.0 Å². The van der Waals surface area contributed by atoms with E-state index in [1.807, 2.05) is 12.1 Å². The molecule has 0 N–H and O–H groups in total. The molecule has 1 aromatic rings. The van der Waals surface area contributed by atoms with E-state index < -0.39 is 0 Å². The van der Waals surface area contributed by atoms with Crippen molar-refractivity contribution in [3.05, 3.63) is 24.2 Å². The van der Waals surface area contributed by atoms with Gasteiger partial charge in [-0.15, -0.1) is 0 Å². The third kappa shape index (κ3) is 4.60. The van der Waals surface area contributed by atoms with Crippen LogP contribution in [0.25, 0.3) is 0 Å². The van der Waals surface area contributed by atoms with Crippen molar-refractivity contribution in [2.75, 3.05) is 26.2 Å². The zero-order valence-electron chi connectivity index (χ0n) is 14.4. The fraction of sp³-hybridized carbons (Fsp3) is 0.737. The van der Waals surface area contributed by atoms with E-state index in [1.54, 1.807) is 6.26 Å².